The summed E-state index contributed by atoms with van der Waals surface area (Å²) in [6.45, 7) is 10.6. The van der Waals surface area contributed by atoms with Gasteiger partial charge in [0.1, 0.15) is 11.5 Å². The Morgan fingerprint density at radius 3 is 2.65 bits per heavy atom. The smallest absolute Gasteiger partial charge is 0.191 e. The van der Waals surface area contributed by atoms with E-state index in [1.54, 1.807) is 0 Å². The highest BCUT2D eigenvalue weighted by molar-refractivity contribution is 5.80. The third-order valence-electron chi connectivity index (χ3n) is 4.57. The SMILES string of the molecule is CCCCN1CCC(NC(=NC)NCc2cc(C)oc2C)CC1. The first-order valence-electron chi connectivity index (χ1n) is 8.87. The molecule has 0 unspecified atom stereocenters. The molecule has 1 aromatic rings. The van der Waals surface area contributed by atoms with E-state index in [-0.39, 0.29) is 0 Å². The molecule has 23 heavy (non-hydrogen) atoms. The molecule has 0 saturated carbocycles. The van der Waals surface area contributed by atoms with E-state index in [9.17, 15) is 0 Å². The van der Waals surface area contributed by atoms with E-state index in [0.29, 0.717) is 6.04 Å². The van der Waals surface area contributed by atoms with Crippen LogP contribution >= 0.6 is 0 Å². The molecule has 1 saturated heterocycles. The van der Waals surface area contributed by atoms with E-state index < -0.39 is 0 Å². The van der Waals surface area contributed by atoms with Crippen molar-refractivity contribution in [1.82, 2.24) is 15.5 Å². The minimum absolute atomic E-state index is 0.520. The Bertz CT molecular complexity index is 501. The number of guanidine groups is 1. The summed E-state index contributed by atoms with van der Waals surface area (Å²) in [7, 11) is 1.83. The van der Waals surface area contributed by atoms with Crippen molar-refractivity contribution >= 4 is 5.96 Å². The van der Waals surface area contributed by atoms with Crippen LogP contribution in [0.2, 0.25) is 0 Å². The highest BCUT2D eigenvalue weighted by Crippen LogP contribution is 2.13. The number of piperidine rings is 1. The van der Waals surface area contributed by atoms with Gasteiger partial charge in [-0.25, -0.2) is 0 Å². The number of aryl methyl sites for hydroxylation is 2. The number of likely N-dealkylation sites (tertiary alicyclic amines) is 1. The lowest BCUT2D eigenvalue weighted by molar-refractivity contribution is 0.203. The fourth-order valence-corrected chi connectivity index (χ4v) is 3.11. The lowest BCUT2D eigenvalue weighted by Gasteiger charge is -2.33. The molecular formula is C18H32N4O. The first-order valence-corrected chi connectivity index (χ1v) is 8.87. The molecule has 2 N–H and O–H groups in total. The molecule has 0 bridgehead atoms. The molecule has 0 aliphatic carbocycles. The Kier molecular flexibility index (Phi) is 6.96. The fourth-order valence-electron chi connectivity index (χ4n) is 3.11. The van der Waals surface area contributed by atoms with Gasteiger partial charge in [0.2, 0.25) is 0 Å². The number of nitrogens with zero attached hydrogens (tertiary/aromatic N) is 2. The van der Waals surface area contributed by atoms with Crippen molar-refractivity contribution in [2.45, 2.75) is 59.0 Å². The van der Waals surface area contributed by atoms with Gasteiger partial charge in [-0.05, 0) is 45.7 Å². The summed E-state index contributed by atoms with van der Waals surface area (Å²) in [5.41, 5.74) is 1.19. The Hall–Kier alpha value is -1.49. The molecule has 5 nitrogen and oxygen atoms in total. The predicted octanol–water partition coefficient (Wildman–Crippen LogP) is 2.83. The van der Waals surface area contributed by atoms with Crippen LogP contribution in [0.5, 0.6) is 0 Å². The van der Waals surface area contributed by atoms with Crippen LogP contribution in [0.25, 0.3) is 0 Å². The highest BCUT2D eigenvalue weighted by atomic mass is 16.3. The zero-order valence-electron chi connectivity index (χ0n) is 15.1. The van der Waals surface area contributed by atoms with Crippen molar-refractivity contribution in [3.8, 4) is 0 Å². The normalized spacial score (nSPS) is 17.5. The van der Waals surface area contributed by atoms with Gasteiger partial charge >= 0.3 is 0 Å². The second-order valence-corrected chi connectivity index (χ2v) is 6.48. The Morgan fingerprint density at radius 1 is 1.35 bits per heavy atom. The van der Waals surface area contributed by atoms with E-state index in [2.05, 4.69) is 33.5 Å². The summed E-state index contributed by atoms with van der Waals surface area (Å²) in [5.74, 6) is 2.83. The standard InChI is InChI=1S/C18H32N4O/c1-5-6-9-22-10-7-17(8-11-22)21-18(19-4)20-13-16-12-14(2)23-15(16)3/h12,17H,5-11,13H2,1-4H3,(H2,19,20,21). The number of rotatable bonds is 6. The molecular weight excluding hydrogens is 288 g/mol. The Balaban J connectivity index is 1.74. The largest absolute Gasteiger partial charge is 0.466 e. The number of furan rings is 1. The molecule has 1 aromatic heterocycles. The van der Waals surface area contributed by atoms with Crippen LogP contribution in [0.4, 0.5) is 0 Å². The maximum atomic E-state index is 5.57. The number of hydrogen-bond acceptors (Lipinski definition) is 3. The first-order chi connectivity index (χ1) is 11.1. The van der Waals surface area contributed by atoms with Gasteiger partial charge in [-0.15, -0.1) is 0 Å². The molecule has 130 valence electrons. The second kappa shape index (κ2) is 8.96. The molecule has 0 atom stereocenters. The van der Waals surface area contributed by atoms with Crippen LogP contribution < -0.4 is 10.6 Å². The summed E-state index contributed by atoms with van der Waals surface area (Å²) in [6.07, 6.45) is 4.97. The number of hydrogen-bond donors (Lipinski definition) is 2. The van der Waals surface area contributed by atoms with Crippen LogP contribution in [0, 0.1) is 13.8 Å². The van der Waals surface area contributed by atoms with Crippen LogP contribution in [0.15, 0.2) is 15.5 Å². The number of nitrogens with one attached hydrogen (secondary N) is 2. The third kappa shape index (κ3) is 5.57. The molecule has 2 heterocycles. The maximum Gasteiger partial charge on any atom is 0.191 e. The average molecular weight is 320 g/mol. The summed E-state index contributed by atoms with van der Waals surface area (Å²) >= 11 is 0. The summed E-state index contributed by atoms with van der Waals surface area (Å²) in [5, 5.41) is 6.96. The van der Waals surface area contributed by atoms with E-state index in [0.717, 1.165) is 24.0 Å². The highest BCUT2D eigenvalue weighted by Gasteiger charge is 2.19. The van der Waals surface area contributed by atoms with E-state index >= 15 is 0 Å². The van der Waals surface area contributed by atoms with E-state index in [1.807, 2.05) is 20.9 Å². The van der Waals surface area contributed by atoms with Crippen molar-refractivity contribution in [3.63, 3.8) is 0 Å². The number of aliphatic imine (C=N–C) groups is 1. The van der Waals surface area contributed by atoms with Crippen LogP contribution in [-0.4, -0.2) is 43.6 Å². The first kappa shape index (κ1) is 17.9. The molecule has 0 aromatic carbocycles. The summed E-state index contributed by atoms with van der Waals surface area (Å²) < 4.78 is 5.57. The van der Waals surface area contributed by atoms with Gasteiger partial charge in [-0.2, -0.15) is 0 Å². The van der Waals surface area contributed by atoms with Crippen molar-refractivity contribution in [2.24, 2.45) is 4.99 Å². The average Bonchev–Trinajstić information content (AvgIpc) is 2.88. The van der Waals surface area contributed by atoms with Crippen molar-refractivity contribution < 1.29 is 4.42 Å². The minimum Gasteiger partial charge on any atom is -0.466 e. The molecule has 1 aliphatic heterocycles. The van der Waals surface area contributed by atoms with Gasteiger partial charge in [0.25, 0.3) is 0 Å². The molecule has 5 heteroatoms. The Morgan fingerprint density at radius 2 is 2.09 bits per heavy atom. The van der Waals surface area contributed by atoms with Gasteiger partial charge in [-0.1, -0.05) is 13.3 Å². The maximum absolute atomic E-state index is 5.57. The van der Waals surface area contributed by atoms with E-state index in [1.165, 1.54) is 50.9 Å². The van der Waals surface area contributed by atoms with Gasteiger partial charge < -0.3 is 20.0 Å². The van der Waals surface area contributed by atoms with Crippen LogP contribution in [-0.2, 0) is 6.54 Å². The monoisotopic (exact) mass is 320 g/mol. The van der Waals surface area contributed by atoms with Gasteiger partial charge in [0, 0.05) is 38.3 Å². The van der Waals surface area contributed by atoms with Crippen molar-refractivity contribution in [1.29, 1.82) is 0 Å². The number of unbranched alkanes of at least 4 members (excludes halogenated alkanes) is 1. The third-order valence-corrected chi connectivity index (χ3v) is 4.57. The topological polar surface area (TPSA) is 52.8 Å². The second-order valence-electron chi connectivity index (χ2n) is 6.48. The van der Waals surface area contributed by atoms with Gasteiger partial charge in [-0.3, -0.25) is 4.99 Å². The quantitative estimate of drug-likeness (QED) is 0.625. The zero-order chi connectivity index (χ0) is 16.7. The predicted molar refractivity (Wildman–Crippen MR) is 95.9 cm³/mol. The van der Waals surface area contributed by atoms with Crippen molar-refractivity contribution in [2.75, 3.05) is 26.7 Å². The molecule has 0 amide bonds. The van der Waals surface area contributed by atoms with Crippen LogP contribution in [0.3, 0.4) is 0 Å². The zero-order valence-corrected chi connectivity index (χ0v) is 15.1. The van der Waals surface area contributed by atoms with Gasteiger partial charge in [0.15, 0.2) is 5.96 Å². The molecule has 1 aliphatic rings. The lowest BCUT2D eigenvalue weighted by Crippen LogP contribution is -2.48. The molecule has 2 rings (SSSR count). The summed E-state index contributed by atoms with van der Waals surface area (Å²) in [4.78, 5) is 6.93. The molecule has 0 spiro atoms. The lowest BCUT2D eigenvalue weighted by atomic mass is 10.0. The fraction of sp³-hybridized carbons (Fsp3) is 0.722. The van der Waals surface area contributed by atoms with Crippen LogP contribution in [0.1, 0.15) is 49.7 Å². The van der Waals surface area contributed by atoms with Crippen molar-refractivity contribution in [3.05, 3.63) is 23.2 Å². The van der Waals surface area contributed by atoms with E-state index in [4.69, 9.17) is 4.42 Å². The Labute approximate surface area is 140 Å². The molecule has 0 radical (unpaired) electrons. The molecule has 1 fully saturated rings. The van der Waals surface area contributed by atoms with Gasteiger partial charge in [0.05, 0.1) is 0 Å². The minimum atomic E-state index is 0.520. The summed E-state index contributed by atoms with van der Waals surface area (Å²) in [6, 6.07) is 2.60.